The van der Waals surface area contributed by atoms with Gasteiger partial charge in [-0.05, 0) is 26.0 Å². The summed E-state index contributed by atoms with van der Waals surface area (Å²) in [5.74, 6) is -0.480. The number of nitrogens with one attached hydrogen (secondary N) is 1. The third kappa shape index (κ3) is 3.00. The highest BCUT2D eigenvalue weighted by molar-refractivity contribution is 7.13. The molecule has 2 aromatic rings. The summed E-state index contributed by atoms with van der Waals surface area (Å²) >= 11 is 12.9. The Balaban J connectivity index is 2.27. The van der Waals surface area contributed by atoms with Crippen LogP contribution < -0.4 is 5.32 Å². The van der Waals surface area contributed by atoms with E-state index >= 15 is 0 Å². The lowest BCUT2D eigenvalue weighted by atomic mass is 10.3. The van der Waals surface area contributed by atoms with Crippen molar-refractivity contribution in [3.05, 3.63) is 37.8 Å². The molecule has 0 saturated heterocycles. The minimum Gasteiger partial charge on any atom is -0.505 e. The Kier molecular flexibility index (Phi) is 3.99. The molecule has 0 aliphatic heterocycles. The van der Waals surface area contributed by atoms with Gasteiger partial charge in [0, 0.05) is 5.69 Å². The molecular weight excluding hydrogens is 307 g/mol. The number of carbonyl (C=O) groups is 1. The second kappa shape index (κ2) is 5.36. The molecule has 100 valence electrons. The average molecular weight is 317 g/mol. The smallest absolute Gasteiger partial charge is 0.267 e. The monoisotopic (exact) mass is 316 g/mol. The molecule has 0 aliphatic carbocycles. The Hall–Kier alpha value is -1.30. The van der Waals surface area contributed by atoms with Crippen LogP contribution in [0.25, 0.3) is 0 Å². The lowest BCUT2D eigenvalue weighted by molar-refractivity contribution is 0.103. The van der Waals surface area contributed by atoms with Gasteiger partial charge in [0.05, 0.1) is 20.7 Å². The molecular formula is C12H10Cl2N2O2S. The Bertz CT molecular complexity index is 632. The number of halogens is 2. The molecule has 0 bridgehead atoms. The molecule has 0 radical (unpaired) electrons. The van der Waals surface area contributed by atoms with Crippen molar-refractivity contribution >= 4 is 46.1 Å². The molecule has 19 heavy (non-hydrogen) atoms. The maximum atomic E-state index is 12.1. The fraction of sp³-hybridized carbons (Fsp3) is 0.167. The van der Waals surface area contributed by atoms with E-state index < -0.39 is 0 Å². The van der Waals surface area contributed by atoms with Crippen molar-refractivity contribution in [2.24, 2.45) is 0 Å². The zero-order valence-corrected chi connectivity index (χ0v) is 12.4. The summed E-state index contributed by atoms with van der Waals surface area (Å²) in [4.78, 5) is 16.8. The van der Waals surface area contributed by atoms with Gasteiger partial charge < -0.3 is 10.4 Å². The molecule has 2 N–H and O–H groups in total. The number of phenols is 1. The van der Waals surface area contributed by atoms with Crippen LogP contribution in [0.1, 0.15) is 20.4 Å². The first-order valence-electron chi connectivity index (χ1n) is 5.32. The highest BCUT2D eigenvalue weighted by atomic mass is 35.5. The van der Waals surface area contributed by atoms with Gasteiger partial charge in [0.1, 0.15) is 4.88 Å². The van der Waals surface area contributed by atoms with Crippen LogP contribution >= 0.6 is 34.5 Å². The molecule has 1 aromatic heterocycles. The molecule has 0 aliphatic rings. The molecule has 4 nitrogen and oxygen atoms in total. The minimum atomic E-state index is -0.277. The van der Waals surface area contributed by atoms with Crippen LogP contribution in [0.15, 0.2) is 12.1 Å². The van der Waals surface area contributed by atoms with Gasteiger partial charge in [-0.1, -0.05) is 23.2 Å². The Morgan fingerprint density at radius 2 is 1.89 bits per heavy atom. The molecule has 0 spiro atoms. The van der Waals surface area contributed by atoms with Gasteiger partial charge in [-0.3, -0.25) is 4.79 Å². The maximum Gasteiger partial charge on any atom is 0.267 e. The fourth-order valence-corrected chi connectivity index (χ4v) is 2.87. The van der Waals surface area contributed by atoms with Crippen LogP contribution in [0.4, 0.5) is 5.69 Å². The van der Waals surface area contributed by atoms with E-state index in [1.165, 1.54) is 23.5 Å². The van der Waals surface area contributed by atoms with Crippen molar-refractivity contribution in [2.75, 3.05) is 5.32 Å². The topological polar surface area (TPSA) is 62.2 Å². The number of amides is 1. The SMILES string of the molecule is Cc1nc(C)c(C(=O)Nc2cc(Cl)c(O)c(Cl)c2)s1. The third-order valence-electron chi connectivity index (χ3n) is 2.38. The average Bonchev–Trinajstić information content (AvgIpc) is 2.65. The number of anilines is 1. The Morgan fingerprint density at radius 1 is 1.32 bits per heavy atom. The molecule has 0 unspecified atom stereocenters. The first-order valence-corrected chi connectivity index (χ1v) is 6.89. The molecule has 2 rings (SSSR count). The van der Waals surface area contributed by atoms with Gasteiger partial charge in [0.25, 0.3) is 5.91 Å². The first-order chi connectivity index (χ1) is 8.88. The molecule has 0 atom stereocenters. The summed E-state index contributed by atoms with van der Waals surface area (Å²) in [5.41, 5.74) is 1.10. The standard InChI is InChI=1S/C12H10Cl2N2O2S/c1-5-11(19-6(2)15-5)12(18)16-7-3-8(13)10(17)9(14)4-7/h3-4,17H,1-2H3,(H,16,18). The first kappa shape index (κ1) is 14.1. The summed E-state index contributed by atoms with van der Waals surface area (Å²) in [6.45, 7) is 3.61. The van der Waals surface area contributed by atoms with Crippen molar-refractivity contribution in [3.8, 4) is 5.75 Å². The minimum absolute atomic E-state index is 0.0833. The second-order valence-electron chi connectivity index (χ2n) is 3.89. The normalized spacial score (nSPS) is 10.5. The lowest BCUT2D eigenvalue weighted by Crippen LogP contribution is -2.11. The molecule has 0 saturated carbocycles. The number of phenolic OH excluding ortho intramolecular Hbond substituents is 1. The third-order valence-corrected chi connectivity index (χ3v) is 4.03. The lowest BCUT2D eigenvalue weighted by Gasteiger charge is -2.07. The summed E-state index contributed by atoms with van der Waals surface area (Å²) in [6.07, 6.45) is 0. The van der Waals surface area contributed by atoms with Crippen LogP contribution in [0.5, 0.6) is 5.75 Å². The van der Waals surface area contributed by atoms with Crippen molar-refractivity contribution in [1.29, 1.82) is 0 Å². The van der Waals surface area contributed by atoms with Crippen LogP contribution in [0.3, 0.4) is 0 Å². The van der Waals surface area contributed by atoms with Crippen molar-refractivity contribution < 1.29 is 9.90 Å². The van der Waals surface area contributed by atoms with Crippen LogP contribution in [-0.2, 0) is 0 Å². The number of aromatic nitrogens is 1. The van der Waals surface area contributed by atoms with Gasteiger partial charge in [-0.2, -0.15) is 0 Å². The highest BCUT2D eigenvalue weighted by Gasteiger charge is 2.15. The number of nitrogens with zero attached hydrogens (tertiary/aromatic N) is 1. The van der Waals surface area contributed by atoms with E-state index in [0.717, 1.165) is 5.01 Å². The predicted octanol–water partition coefficient (Wildman–Crippen LogP) is 4.02. The number of carbonyl (C=O) groups excluding carboxylic acids is 1. The van der Waals surface area contributed by atoms with Crippen LogP contribution in [-0.4, -0.2) is 16.0 Å². The van der Waals surface area contributed by atoms with Crippen molar-refractivity contribution in [2.45, 2.75) is 13.8 Å². The summed E-state index contributed by atoms with van der Waals surface area (Å²) in [7, 11) is 0. The zero-order valence-electron chi connectivity index (χ0n) is 10.1. The molecule has 1 aromatic carbocycles. The molecule has 1 amide bonds. The second-order valence-corrected chi connectivity index (χ2v) is 5.91. The van der Waals surface area contributed by atoms with Gasteiger partial charge in [0.2, 0.25) is 0 Å². The van der Waals surface area contributed by atoms with Gasteiger partial charge >= 0.3 is 0 Å². The van der Waals surface area contributed by atoms with E-state index in [1.807, 2.05) is 6.92 Å². The number of rotatable bonds is 2. The largest absolute Gasteiger partial charge is 0.505 e. The number of benzene rings is 1. The van der Waals surface area contributed by atoms with E-state index in [9.17, 15) is 9.90 Å². The summed E-state index contributed by atoms with van der Waals surface area (Å²) < 4.78 is 0. The number of aromatic hydroxyl groups is 1. The zero-order chi connectivity index (χ0) is 14.2. The van der Waals surface area contributed by atoms with E-state index in [0.29, 0.717) is 16.3 Å². The molecule has 7 heteroatoms. The van der Waals surface area contributed by atoms with Gasteiger partial charge in [-0.15, -0.1) is 11.3 Å². The predicted molar refractivity (Wildman–Crippen MR) is 77.7 cm³/mol. The Morgan fingerprint density at radius 3 is 2.37 bits per heavy atom. The molecule has 0 fully saturated rings. The van der Waals surface area contributed by atoms with Crippen LogP contribution in [0, 0.1) is 13.8 Å². The van der Waals surface area contributed by atoms with Crippen molar-refractivity contribution in [3.63, 3.8) is 0 Å². The van der Waals surface area contributed by atoms with E-state index in [1.54, 1.807) is 6.92 Å². The summed E-state index contributed by atoms with van der Waals surface area (Å²) in [6, 6.07) is 2.87. The van der Waals surface area contributed by atoms with Crippen molar-refractivity contribution in [1.82, 2.24) is 4.98 Å². The van der Waals surface area contributed by atoms with E-state index in [4.69, 9.17) is 23.2 Å². The van der Waals surface area contributed by atoms with Crippen LogP contribution in [0.2, 0.25) is 10.0 Å². The van der Waals surface area contributed by atoms with E-state index in [2.05, 4.69) is 10.3 Å². The summed E-state index contributed by atoms with van der Waals surface area (Å²) in [5, 5.41) is 13.1. The highest BCUT2D eigenvalue weighted by Crippen LogP contribution is 2.34. The quantitative estimate of drug-likeness (QED) is 0.822. The fourth-order valence-electron chi connectivity index (χ4n) is 1.57. The van der Waals surface area contributed by atoms with E-state index in [-0.39, 0.29) is 21.7 Å². The van der Waals surface area contributed by atoms with Gasteiger partial charge in [0.15, 0.2) is 5.75 Å². The maximum absolute atomic E-state index is 12.1. The Labute approximate surface area is 124 Å². The number of hydrogen-bond donors (Lipinski definition) is 2. The number of aryl methyl sites for hydroxylation is 2. The van der Waals surface area contributed by atoms with Gasteiger partial charge in [-0.25, -0.2) is 4.98 Å². The number of thiazole rings is 1. The number of hydrogen-bond acceptors (Lipinski definition) is 4. The molecule has 1 heterocycles.